The molecule has 0 fully saturated rings. The van der Waals surface area contributed by atoms with E-state index in [1.807, 2.05) is 23.5 Å². The Hall–Kier alpha value is -6.62. The Balaban J connectivity index is 1.03. The molecule has 3 nitrogen and oxygen atoms in total. The van der Waals surface area contributed by atoms with E-state index in [1.165, 1.54) is 31.3 Å². The minimum absolute atomic E-state index is 0.876. The van der Waals surface area contributed by atoms with Crippen molar-refractivity contribution in [2.75, 3.05) is 4.90 Å². The van der Waals surface area contributed by atoms with Crippen LogP contribution in [0.4, 0.5) is 17.1 Å². The van der Waals surface area contributed by atoms with E-state index in [1.54, 1.807) is 0 Å². The van der Waals surface area contributed by atoms with Crippen molar-refractivity contribution in [3.05, 3.63) is 176 Å². The molecule has 0 unspecified atom stereocenters. The molecule has 0 atom stereocenters. The third-order valence-electron chi connectivity index (χ3n) is 10.3. The third kappa shape index (κ3) is 4.51. The zero-order valence-electron chi connectivity index (χ0n) is 27.9. The van der Waals surface area contributed by atoms with E-state index >= 15 is 0 Å². The number of nitrogens with zero attached hydrogens (tertiary/aromatic N) is 1. The van der Waals surface area contributed by atoms with Crippen LogP contribution in [0.25, 0.3) is 86.3 Å². The highest BCUT2D eigenvalue weighted by atomic mass is 32.1. The van der Waals surface area contributed by atoms with Gasteiger partial charge in [0.05, 0.1) is 0 Å². The number of anilines is 3. The molecule has 0 aliphatic rings. The second-order valence-electron chi connectivity index (χ2n) is 13.3. The number of fused-ring (bicyclic) bond motifs is 9. The van der Waals surface area contributed by atoms with Gasteiger partial charge in [-0.1, -0.05) is 103 Å². The first-order valence-corrected chi connectivity index (χ1v) is 18.3. The van der Waals surface area contributed by atoms with E-state index in [-0.39, 0.29) is 0 Å². The first-order valence-electron chi connectivity index (χ1n) is 17.5. The predicted octanol–water partition coefficient (Wildman–Crippen LogP) is 14.7. The summed E-state index contributed by atoms with van der Waals surface area (Å²) in [6.07, 6.45) is 0. The molecular weight excluding hydrogens is 655 g/mol. The molecule has 244 valence electrons. The van der Waals surface area contributed by atoms with Crippen molar-refractivity contribution in [1.29, 1.82) is 0 Å². The lowest BCUT2D eigenvalue weighted by Crippen LogP contribution is -2.09. The first kappa shape index (κ1) is 29.1. The van der Waals surface area contributed by atoms with Crippen molar-refractivity contribution in [3.8, 4) is 22.3 Å². The number of rotatable bonds is 5. The molecule has 4 heteroatoms. The molecule has 8 aromatic carbocycles. The van der Waals surface area contributed by atoms with Gasteiger partial charge in [0.2, 0.25) is 0 Å². The van der Waals surface area contributed by atoms with Gasteiger partial charge in [-0.05, 0) is 89.5 Å². The molecule has 0 saturated carbocycles. The Kier molecular flexibility index (Phi) is 6.42. The van der Waals surface area contributed by atoms with Crippen molar-refractivity contribution in [3.63, 3.8) is 0 Å². The van der Waals surface area contributed by atoms with Gasteiger partial charge in [0, 0.05) is 64.3 Å². The molecule has 0 amide bonds. The minimum atomic E-state index is 0.876. The molecule has 0 bridgehead atoms. The summed E-state index contributed by atoms with van der Waals surface area (Å²) in [6.45, 7) is 0. The molecule has 11 aromatic rings. The zero-order valence-corrected chi connectivity index (χ0v) is 28.7. The molecule has 3 aromatic heterocycles. The summed E-state index contributed by atoms with van der Waals surface area (Å²) < 4.78 is 15.4. The van der Waals surface area contributed by atoms with Crippen molar-refractivity contribution < 1.29 is 8.83 Å². The Bertz CT molecular complexity index is 3090. The quantitative estimate of drug-likeness (QED) is 0.181. The van der Waals surface area contributed by atoms with Crippen LogP contribution in [0.3, 0.4) is 0 Å². The van der Waals surface area contributed by atoms with Crippen LogP contribution >= 0.6 is 11.3 Å². The predicted molar refractivity (Wildman–Crippen MR) is 219 cm³/mol. The van der Waals surface area contributed by atoms with Gasteiger partial charge in [-0.15, -0.1) is 11.3 Å². The van der Waals surface area contributed by atoms with Crippen molar-refractivity contribution in [2.45, 2.75) is 0 Å². The summed E-state index contributed by atoms with van der Waals surface area (Å²) >= 11 is 1.85. The number of hydrogen-bond donors (Lipinski definition) is 0. The SMILES string of the molecule is c1ccc(N(c2ccccc2)c2ccc3oc4c(-c5ccc6sc7c(-c8ccc9oc%10ccccc%10c9c8)cccc7c6c5)cccc4c3c2)cc1. The van der Waals surface area contributed by atoms with Crippen LogP contribution in [-0.2, 0) is 0 Å². The highest BCUT2D eigenvalue weighted by molar-refractivity contribution is 7.26. The largest absolute Gasteiger partial charge is 0.456 e. The molecule has 0 aliphatic carbocycles. The third-order valence-corrected chi connectivity index (χ3v) is 11.5. The Labute approximate surface area is 303 Å². The number of benzene rings is 8. The van der Waals surface area contributed by atoms with Gasteiger partial charge in [-0.2, -0.15) is 0 Å². The van der Waals surface area contributed by atoms with Crippen LogP contribution in [0.1, 0.15) is 0 Å². The zero-order chi connectivity index (χ0) is 34.2. The smallest absolute Gasteiger partial charge is 0.143 e. The van der Waals surface area contributed by atoms with Crippen molar-refractivity contribution >= 4 is 92.4 Å². The van der Waals surface area contributed by atoms with Gasteiger partial charge >= 0.3 is 0 Å². The van der Waals surface area contributed by atoms with E-state index in [0.29, 0.717) is 0 Å². The van der Waals surface area contributed by atoms with Crippen LogP contribution in [0.2, 0.25) is 0 Å². The summed E-state index contributed by atoms with van der Waals surface area (Å²) in [4.78, 5) is 2.29. The average molecular weight is 684 g/mol. The monoisotopic (exact) mass is 683 g/mol. The molecule has 0 aliphatic heterocycles. The Morgan fingerprint density at radius 2 is 0.962 bits per heavy atom. The fraction of sp³-hybridized carbons (Fsp3) is 0. The molecule has 0 spiro atoms. The summed E-state index contributed by atoms with van der Waals surface area (Å²) in [6, 6.07) is 62.4. The molecule has 52 heavy (non-hydrogen) atoms. The summed E-state index contributed by atoms with van der Waals surface area (Å²) in [5.74, 6) is 0. The van der Waals surface area contributed by atoms with Crippen LogP contribution in [0.15, 0.2) is 185 Å². The van der Waals surface area contributed by atoms with Crippen molar-refractivity contribution in [2.24, 2.45) is 0 Å². The topological polar surface area (TPSA) is 29.5 Å². The lowest BCUT2D eigenvalue weighted by Gasteiger charge is -2.25. The highest BCUT2D eigenvalue weighted by Crippen LogP contribution is 2.45. The average Bonchev–Trinajstić information content (AvgIpc) is 3.89. The lowest BCUT2D eigenvalue weighted by molar-refractivity contribution is 0.669. The fourth-order valence-electron chi connectivity index (χ4n) is 7.84. The van der Waals surface area contributed by atoms with Gasteiger partial charge in [-0.25, -0.2) is 0 Å². The second-order valence-corrected chi connectivity index (χ2v) is 14.3. The molecule has 0 radical (unpaired) electrons. The van der Waals surface area contributed by atoms with Gasteiger partial charge < -0.3 is 13.7 Å². The van der Waals surface area contributed by atoms with E-state index in [9.17, 15) is 0 Å². The molecule has 0 N–H and O–H groups in total. The highest BCUT2D eigenvalue weighted by Gasteiger charge is 2.18. The minimum Gasteiger partial charge on any atom is -0.456 e. The van der Waals surface area contributed by atoms with Gasteiger partial charge in [-0.3, -0.25) is 0 Å². The lowest BCUT2D eigenvalue weighted by atomic mass is 9.98. The molecular formula is C48H29NO2S. The molecule has 3 heterocycles. The van der Waals surface area contributed by atoms with Gasteiger partial charge in [0.1, 0.15) is 22.3 Å². The number of hydrogen-bond acceptors (Lipinski definition) is 4. The van der Waals surface area contributed by atoms with Crippen LogP contribution < -0.4 is 4.90 Å². The maximum atomic E-state index is 6.68. The van der Waals surface area contributed by atoms with Crippen LogP contribution in [-0.4, -0.2) is 0 Å². The molecule has 11 rings (SSSR count). The van der Waals surface area contributed by atoms with E-state index in [0.717, 1.165) is 72.1 Å². The normalized spacial score (nSPS) is 11.8. The van der Waals surface area contributed by atoms with Crippen molar-refractivity contribution in [1.82, 2.24) is 0 Å². The van der Waals surface area contributed by atoms with Crippen LogP contribution in [0.5, 0.6) is 0 Å². The maximum Gasteiger partial charge on any atom is 0.143 e. The Morgan fingerprint density at radius 3 is 1.79 bits per heavy atom. The van der Waals surface area contributed by atoms with Crippen LogP contribution in [0, 0.1) is 0 Å². The van der Waals surface area contributed by atoms with E-state index in [2.05, 4.69) is 169 Å². The van der Waals surface area contributed by atoms with E-state index < -0.39 is 0 Å². The van der Waals surface area contributed by atoms with E-state index in [4.69, 9.17) is 8.83 Å². The molecule has 0 saturated heterocycles. The summed E-state index contributed by atoms with van der Waals surface area (Å²) in [7, 11) is 0. The maximum absolute atomic E-state index is 6.68. The first-order chi connectivity index (χ1) is 25.8. The Morgan fingerprint density at radius 1 is 0.365 bits per heavy atom. The number of furan rings is 2. The van der Waals surface area contributed by atoms with Gasteiger partial charge in [0.25, 0.3) is 0 Å². The standard InChI is InChI=1S/C48H29NO2S/c1-3-11-32(12-4-1)49(33-13-5-2-6-14-33)34-23-25-45-41(29-34)38-18-9-16-35(47(38)51-45)30-22-26-46-42(28-30)39-19-10-17-36(48(39)52-46)31-21-24-44-40(27-31)37-15-7-8-20-43(37)50-44/h1-29H. The number of para-hydroxylation sites is 4. The second kappa shape index (κ2) is 11.5. The summed E-state index contributed by atoms with van der Waals surface area (Å²) in [5, 5.41) is 7.02. The summed E-state index contributed by atoms with van der Waals surface area (Å²) in [5.41, 5.74) is 11.6. The van der Waals surface area contributed by atoms with Gasteiger partial charge in [0.15, 0.2) is 0 Å². The fourth-order valence-corrected chi connectivity index (χ4v) is 9.06. The number of thiophene rings is 1.